The molecule has 0 aliphatic heterocycles. The van der Waals surface area contributed by atoms with Crippen molar-refractivity contribution in [2.45, 2.75) is 13.3 Å². The Bertz CT molecular complexity index is 353. The summed E-state index contributed by atoms with van der Waals surface area (Å²) in [6.45, 7) is 1.91. The van der Waals surface area contributed by atoms with Gasteiger partial charge in [0.2, 0.25) is 0 Å². The van der Waals surface area contributed by atoms with E-state index in [-0.39, 0.29) is 5.75 Å². The Labute approximate surface area is 76.4 Å². The van der Waals surface area contributed by atoms with Crippen molar-refractivity contribution in [1.29, 1.82) is 0 Å². The summed E-state index contributed by atoms with van der Waals surface area (Å²) >= 11 is 1.55. The molecule has 3 nitrogen and oxygen atoms in total. The first-order chi connectivity index (χ1) is 5.47. The van der Waals surface area contributed by atoms with E-state index in [1.807, 2.05) is 12.3 Å². The average Bonchev–Trinajstić information content (AvgIpc) is 2.30. The Balaban J connectivity index is 2.55. The van der Waals surface area contributed by atoms with Gasteiger partial charge in [-0.3, -0.25) is 0 Å². The van der Waals surface area contributed by atoms with Crippen LogP contribution in [0, 0.1) is 6.92 Å². The van der Waals surface area contributed by atoms with E-state index < -0.39 is 9.84 Å². The van der Waals surface area contributed by atoms with Crippen LogP contribution in [0.3, 0.4) is 0 Å². The molecule has 68 valence electrons. The van der Waals surface area contributed by atoms with Gasteiger partial charge in [-0.15, -0.1) is 11.3 Å². The molecule has 0 aromatic carbocycles. The predicted octanol–water partition coefficient (Wildman–Crippen LogP) is 1.04. The standard InChI is InChI=1S/C7H11NO2S2/c1-6-8-7(5-11-6)3-4-12(2,9)10/h5H,3-4H2,1-2H3. The fraction of sp³-hybridized carbons (Fsp3) is 0.571. The minimum atomic E-state index is -2.85. The minimum Gasteiger partial charge on any atom is -0.247 e. The van der Waals surface area contributed by atoms with Crippen LogP contribution < -0.4 is 0 Å². The number of sulfone groups is 1. The molecular formula is C7H11NO2S2. The molecule has 0 aliphatic carbocycles. The van der Waals surface area contributed by atoms with E-state index in [4.69, 9.17) is 0 Å². The van der Waals surface area contributed by atoms with Crippen LogP contribution in [0.2, 0.25) is 0 Å². The summed E-state index contributed by atoms with van der Waals surface area (Å²) in [5.41, 5.74) is 0.878. The lowest BCUT2D eigenvalue weighted by molar-refractivity contribution is 0.601. The van der Waals surface area contributed by atoms with E-state index in [0.29, 0.717) is 6.42 Å². The van der Waals surface area contributed by atoms with Crippen LogP contribution in [0.15, 0.2) is 5.38 Å². The van der Waals surface area contributed by atoms with E-state index in [0.717, 1.165) is 10.7 Å². The molecule has 0 saturated carbocycles. The van der Waals surface area contributed by atoms with Gasteiger partial charge >= 0.3 is 0 Å². The highest BCUT2D eigenvalue weighted by Crippen LogP contribution is 2.08. The van der Waals surface area contributed by atoms with Crippen LogP contribution in [-0.4, -0.2) is 25.4 Å². The van der Waals surface area contributed by atoms with E-state index in [1.165, 1.54) is 6.26 Å². The Hall–Kier alpha value is -0.420. The maximum Gasteiger partial charge on any atom is 0.147 e. The summed E-state index contributed by atoms with van der Waals surface area (Å²) in [5.74, 6) is 0.191. The summed E-state index contributed by atoms with van der Waals surface area (Å²) in [6, 6.07) is 0. The van der Waals surface area contributed by atoms with Crippen LogP contribution in [0.4, 0.5) is 0 Å². The lowest BCUT2D eigenvalue weighted by Gasteiger charge is -1.93. The third kappa shape index (κ3) is 3.32. The largest absolute Gasteiger partial charge is 0.247 e. The van der Waals surface area contributed by atoms with Crippen molar-refractivity contribution in [1.82, 2.24) is 4.98 Å². The number of nitrogens with zero attached hydrogens (tertiary/aromatic N) is 1. The zero-order chi connectivity index (χ0) is 9.19. The van der Waals surface area contributed by atoms with Gasteiger partial charge in [0.05, 0.1) is 16.5 Å². The monoisotopic (exact) mass is 205 g/mol. The second kappa shape index (κ2) is 3.53. The van der Waals surface area contributed by atoms with Crippen LogP contribution >= 0.6 is 11.3 Å². The molecule has 0 bridgehead atoms. The van der Waals surface area contributed by atoms with Gasteiger partial charge in [0.15, 0.2) is 0 Å². The Kier molecular flexibility index (Phi) is 2.85. The van der Waals surface area contributed by atoms with Crippen molar-refractivity contribution in [3.05, 3.63) is 16.1 Å². The lowest BCUT2D eigenvalue weighted by atomic mass is 10.4. The number of thiazole rings is 1. The molecule has 1 rings (SSSR count). The fourth-order valence-corrected chi connectivity index (χ4v) is 2.04. The van der Waals surface area contributed by atoms with Crippen LogP contribution in [0.5, 0.6) is 0 Å². The van der Waals surface area contributed by atoms with Gasteiger partial charge in [-0.25, -0.2) is 13.4 Å². The number of rotatable bonds is 3. The highest BCUT2D eigenvalue weighted by molar-refractivity contribution is 7.90. The first-order valence-corrected chi connectivity index (χ1v) is 6.50. The molecule has 0 atom stereocenters. The van der Waals surface area contributed by atoms with Gasteiger partial charge in [0.25, 0.3) is 0 Å². The normalized spacial score (nSPS) is 11.8. The molecule has 5 heteroatoms. The van der Waals surface area contributed by atoms with E-state index in [9.17, 15) is 8.42 Å². The number of hydrogen-bond donors (Lipinski definition) is 0. The third-order valence-corrected chi connectivity index (χ3v) is 3.16. The number of hydrogen-bond acceptors (Lipinski definition) is 4. The molecule has 12 heavy (non-hydrogen) atoms. The van der Waals surface area contributed by atoms with Crippen LogP contribution in [0.1, 0.15) is 10.7 Å². The van der Waals surface area contributed by atoms with Gasteiger partial charge in [-0.05, 0) is 6.92 Å². The van der Waals surface area contributed by atoms with Crippen molar-refractivity contribution in [3.8, 4) is 0 Å². The summed E-state index contributed by atoms with van der Waals surface area (Å²) in [7, 11) is -2.85. The van der Waals surface area contributed by atoms with Gasteiger partial charge in [-0.2, -0.15) is 0 Å². The topological polar surface area (TPSA) is 47.0 Å². The quantitative estimate of drug-likeness (QED) is 0.740. The van der Waals surface area contributed by atoms with Gasteiger partial charge in [0, 0.05) is 18.1 Å². The molecule has 1 aromatic rings. The van der Waals surface area contributed by atoms with Crippen molar-refractivity contribution >= 4 is 21.2 Å². The molecule has 0 fully saturated rings. The highest BCUT2D eigenvalue weighted by Gasteiger charge is 2.04. The maximum absolute atomic E-state index is 10.8. The Morgan fingerprint density at radius 1 is 1.58 bits per heavy atom. The second-order valence-corrected chi connectivity index (χ2v) is 6.06. The zero-order valence-corrected chi connectivity index (χ0v) is 8.70. The van der Waals surface area contributed by atoms with Gasteiger partial charge in [0.1, 0.15) is 9.84 Å². The van der Waals surface area contributed by atoms with Crippen molar-refractivity contribution in [2.75, 3.05) is 12.0 Å². The SMILES string of the molecule is Cc1nc(CCS(C)(=O)=O)cs1. The van der Waals surface area contributed by atoms with E-state index in [2.05, 4.69) is 4.98 Å². The third-order valence-electron chi connectivity index (χ3n) is 1.40. The zero-order valence-electron chi connectivity index (χ0n) is 7.07. The van der Waals surface area contributed by atoms with Crippen LogP contribution in [-0.2, 0) is 16.3 Å². The molecule has 0 amide bonds. The minimum absolute atomic E-state index is 0.191. The maximum atomic E-state index is 10.8. The summed E-state index contributed by atoms with van der Waals surface area (Å²) < 4.78 is 21.6. The average molecular weight is 205 g/mol. The predicted molar refractivity (Wildman–Crippen MR) is 50.3 cm³/mol. The Morgan fingerprint density at radius 3 is 2.67 bits per heavy atom. The van der Waals surface area contributed by atoms with Gasteiger partial charge in [-0.1, -0.05) is 0 Å². The van der Waals surface area contributed by atoms with Gasteiger partial charge < -0.3 is 0 Å². The number of aryl methyl sites for hydroxylation is 2. The Morgan fingerprint density at radius 2 is 2.25 bits per heavy atom. The van der Waals surface area contributed by atoms with Crippen molar-refractivity contribution < 1.29 is 8.42 Å². The molecule has 0 radical (unpaired) electrons. The first kappa shape index (κ1) is 9.67. The van der Waals surface area contributed by atoms with Crippen molar-refractivity contribution in [3.63, 3.8) is 0 Å². The molecule has 0 unspecified atom stereocenters. The highest BCUT2D eigenvalue weighted by atomic mass is 32.2. The molecule has 1 aromatic heterocycles. The molecule has 0 N–H and O–H groups in total. The molecule has 0 spiro atoms. The summed E-state index contributed by atoms with van der Waals surface area (Å²) in [6.07, 6.45) is 1.77. The summed E-state index contributed by atoms with van der Waals surface area (Å²) in [5, 5.41) is 2.89. The number of aromatic nitrogens is 1. The molecule has 0 aliphatic rings. The molecule has 0 saturated heterocycles. The smallest absolute Gasteiger partial charge is 0.147 e. The lowest BCUT2D eigenvalue weighted by Crippen LogP contribution is -2.05. The molecular weight excluding hydrogens is 194 g/mol. The van der Waals surface area contributed by atoms with Crippen LogP contribution in [0.25, 0.3) is 0 Å². The van der Waals surface area contributed by atoms with E-state index in [1.54, 1.807) is 11.3 Å². The summed E-state index contributed by atoms with van der Waals surface area (Å²) in [4.78, 5) is 4.17. The second-order valence-electron chi connectivity index (χ2n) is 2.74. The van der Waals surface area contributed by atoms with E-state index >= 15 is 0 Å². The first-order valence-electron chi connectivity index (χ1n) is 3.56. The molecule has 1 heterocycles. The van der Waals surface area contributed by atoms with Crippen molar-refractivity contribution in [2.24, 2.45) is 0 Å². The fourth-order valence-electron chi connectivity index (χ4n) is 0.813.